The van der Waals surface area contributed by atoms with Crippen LogP contribution < -0.4 is 10.2 Å². The number of H-pyrrole nitrogens is 1. The smallest absolute Gasteiger partial charge is 0.139 e. The number of nitrogens with zero attached hydrogens (tertiary/aromatic N) is 4. The van der Waals surface area contributed by atoms with Gasteiger partial charge >= 0.3 is 0 Å². The number of benzene rings is 2. The van der Waals surface area contributed by atoms with E-state index in [0.29, 0.717) is 34.3 Å². The van der Waals surface area contributed by atoms with Gasteiger partial charge in [-0.25, -0.2) is 4.98 Å². The van der Waals surface area contributed by atoms with Crippen molar-refractivity contribution in [3.63, 3.8) is 0 Å². The maximum absolute atomic E-state index is 9.85. The molecule has 7 heteroatoms. The second kappa shape index (κ2) is 11.2. The van der Waals surface area contributed by atoms with Gasteiger partial charge in [-0.2, -0.15) is 5.26 Å². The van der Waals surface area contributed by atoms with Crippen molar-refractivity contribution in [1.82, 2.24) is 14.9 Å². The molecule has 3 N–H and O–H groups in total. The third kappa shape index (κ3) is 5.55. The molecule has 1 aromatic heterocycles. The van der Waals surface area contributed by atoms with Crippen LogP contribution in [0.1, 0.15) is 54.5 Å². The number of hydrogen-bond donors (Lipinski definition) is 3. The number of rotatable bonds is 7. The molecule has 2 fully saturated rings. The van der Waals surface area contributed by atoms with Crippen LogP contribution in [0, 0.1) is 22.7 Å². The van der Waals surface area contributed by atoms with Crippen LogP contribution in [0.2, 0.25) is 0 Å². The number of aromatic nitrogens is 2. The Bertz CT molecular complexity index is 1270. The number of anilines is 2. The Labute approximate surface area is 220 Å². The van der Waals surface area contributed by atoms with Crippen molar-refractivity contribution in [1.29, 1.82) is 10.7 Å². The molecule has 0 spiro atoms. The van der Waals surface area contributed by atoms with Gasteiger partial charge in [0.25, 0.3) is 0 Å². The van der Waals surface area contributed by atoms with E-state index < -0.39 is 0 Å². The Hall–Kier alpha value is -3.63. The van der Waals surface area contributed by atoms with E-state index in [1.54, 1.807) is 0 Å². The summed E-state index contributed by atoms with van der Waals surface area (Å²) in [4.78, 5) is 12.9. The monoisotopic (exact) mass is 495 g/mol. The van der Waals surface area contributed by atoms with Gasteiger partial charge in [-0.15, -0.1) is 0 Å². The molecule has 1 saturated carbocycles. The quantitative estimate of drug-likeness (QED) is 0.388. The summed E-state index contributed by atoms with van der Waals surface area (Å²) in [7, 11) is 4.00. The number of hydrogen-bond acceptors (Lipinski definition) is 6. The molecule has 2 aliphatic rings. The molecular formula is C30H37N7. The van der Waals surface area contributed by atoms with Crippen LogP contribution in [0.4, 0.5) is 11.5 Å². The van der Waals surface area contributed by atoms with Crippen molar-refractivity contribution in [3.05, 3.63) is 64.8 Å². The van der Waals surface area contributed by atoms with Gasteiger partial charge < -0.3 is 20.1 Å². The second-order valence-corrected chi connectivity index (χ2v) is 10.5. The van der Waals surface area contributed by atoms with E-state index >= 15 is 0 Å². The number of likely N-dealkylation sites (N-methyl/N-ethyl adjacent to an activating group) is 1. The maximum atomic E-state index is 9.85. The first-order chi connectivity index (χ1) is 18.1. The average Bonchev–Trinajstić information content (AvgIpc) is 3.38. The lowest BCUT2D eigenvalue weighted by Gasteiger charge is -2.34. The van der Waals surface area contributed by atoms with Gasteiger partial charge in [0.15, 0.2) is 0 Å². The predicted octanol–water partition coefficient (Wildman–Crippen LogP) is 5.28. The van der Waals surface area contributed by atoms with E-state index in [2.05, 4.69) is 57.5 Å². The highest BCUT2D eigenvalue weighted by Crippen LogP contribution is 2.29. The van der Waals surface area contributed by atoms with Crippen LogP contribution in [0.5, 0.6) is 0 Å². The Morgan fingerprint density at radius 1 is 1.08 bits per heavy atom. The normalized spacial score (nSPS) is 16.9. The summed E-state index contributed by atoms with van der Waals surface area (Å²) < 4.78 is 0. The van der Waals surface area contributed by atoms with Gasteiger partial charge in [0.2, 0.25) is 0 Å². The summed E-state index contributed by atoms with van der Waals surface area (Å²) in [6.45, 7) is 4.22. The summed E-state index contributed by atoms with van der Waals surface area (Å²) in [5.41, 5.74) is 5.56. The lowest BCUT2D eigenvalue weighted by Crippen LogP contribution is -2.44. The van der Waals surface area contributed by atoms with E-state index in [1.165, 1.54) is 37.8 Å². The van der Waals surface area contributed by atoms with Crippen molar-refractivity contribution < 1.29 is 0 Å². The SMILES string of the molecule is CNc1[nH]c(-c2ccc(N3CCN(C)CC3)cc2)nc1C(=N)c1ccc(CC2CCCCC2)c(C#N)c1. The Morgan fingerprint density at radius 3 is 2.49 bits per heavy atom. The van der Waals surface area contributed by atoms with Crippen LogP contribution in [-0.2, 0) is 6.42 Å². The van der Waals surface area contributed by atoms with Gasteiger partial charge in [-0.05, 0) is 55.3 Å². The molecule has 0 radical (unpaired) electrons. The van der Waals surface area contributed by atoms with E-state index in [-0.39, 0.29) is 0 Å². The predicted molar refractivity (Wildman–Crippen MR) is 151 cm³/mol. The number of imidazole rings is 1. The summed E-state index contributed by atoms with van der Waals surface area (Å²) in [6, 6.07) is 16.7. The first-order valence-electron chi connectivity index (χ1n) is 13.5. The number of nitriles is 1. The van der Waals surface area contributed by atoms with Crippen LogP contribution >= 0.6 is 0 Å². The highest BCUT2D eigenvalue weighted by molar-refractivity contribution is 6.13. The molecule has 0 atom stereocenters. The van der Waals surface area contributed by atoms with Crippen LogP contribution in [0.15, 0.2) is 42.5 Å². The molecular weight excluding hydrogens is 458 g/mol. The second-order valence-electron chi connectivity index (χ2n) is 10.5. The molecule has 2 aromatic carbocycles. The third-order valence-corrected chi connectivity index (χ3v) is 7.95. The van der Waals surface area contributed by atoms with Crippen molar-refractivity contribution in [2.24, 2.45) is 5.92 Å². The van der Waals surface area contributed by atoms with Crippen LogP contribution in [0.3, 0.4) is 0 Å². The molecule has 7 nitrogen and oxygen atoms in total. The molecule has 3 aromatic rings. The summed E-state index contributed by atoms with van der Waals surface area (Å²) in [6.07, 6.45) is 7.37. The van der Waals surface area contributed by atoms with Gasteiger partial charge in [-0.1, -0.05) is 44.2 Å². The van der Waals surface area contributed by atoms with Gasteiger partial charge in [0, 0.05) is 50.0 Å². The first kappa shape index (κ1) is 25.0. The van der Waals surface area contributed by atoms with E-state index in [1.807, 2.05) is 25.2 Å². The number of aromatic amines is 1. The van der Waals surface area contributed by atoms with Gasteiger partial charge in [0.1, 0.15) is 17.3 Å². The third-order valence-electron chi connectivity index (χ3n) is 7.95. The molecule has 1 aliphatic carbocycles. The molecule has 192 valence electrons. The molecule has 2 heterocycles. The Kier molecular flexibility index (Phi) is 7.57. The minimum absolute atomic E-state index is 0.307. The van der Waals surface area contributed by atoms with E-state index in [9.17, 15) is 5.26 Å². The molecule has 5 rings (SSSR count). The zero-order valence-corrected chi connectivity index (χ0v) is 22.0. The molecule has 1 aliphatic heterocycles. The average molecular weight is 496 g/mol. The van der Waals surface area contributed by atoms with Crippen molar-refractivity contribution in [3.8, 4) is 17.5 Å². The van der Waals surface area contributed by atoms with Gasteiger partial charge in [0.05, 0.1) is 17.3 Å². The fourth-order valence-corrected chi connectivity index (χ4v) is 5.62. The molecule has 0 unspecified atom stereocenters. The first-order valence-corrected chi connectivity index (χ1v) is 13.5. The van der Waals surface area contributed by atoms with Crippen molar-refractivity contribution in [2.45, 2.75) is 38.5 Å². The fraction of sp³-hybridized carbons (Fsp3) is 0.433. The van der Waals surface area contributed by atoms with Crippen molar-refractivity contribution >= 4 is 17.2 Å². The number of piperazine rings is 1. The Balaban J connectivity index is 1.35. The molecule has 1 saturated heterocycles. The minimum atomic E-state index is 0.307. The molecule has 37 heavy (non-hydrogen) atoms. The minimum Gasteiger partial charge on any atom is -0.373 e. The van der Waals surface area contributed by atoms with E-state index in [0.717, 1.165) is 49.6 Å². The lowest BCUT2D eigenvalue weighted by atomic mass is 9.83. The van der Waals surface area contributed by atoms with Crippen LogP contribution in [-0.4, -0.2) is 60.9 Å². The summed E-state index contributed by atoms with van der Waals surface area (Å²) in [5.74, 6) is 2.09. The number of nitrogens with one attached hydrogen (secondary N) is 3. The maximum Gasteiger partial charge on any atom is 0.139 e. The zero-order valence-electron chi connectivity index (χ0n) is 22.0. The highest BCUT2D eigenvalue weighted by atomic mass is 15.2. The zero-order chi connectivity index (χ0) is 25.8. The fourth-order valence-electron chi connectivity index (χ4n) is 5.62. The highest BCUT2D eigenvalue weighted by Gasteiger charge is 2.20. The van der Waals surface area contributed by atoms with Gasteiger partial charge in [-0.3, -0.25) is 5.41 Å². The lowest BCUT2D eigenvalue weighted by molar-refractivity contribution is 0.313. The summed E-state index contributed by atoms with van der Waals surface area (Å²) >= 11 is 0. The topological polar surface area (TPSA) is 94.8 Å². The molecule has 0 bridgehead atoms. The standard InChI is InChI=1S/C30H37N7/c1-33-30-28(27(32)24-9-8-23(25(19-24)20-31)18-21-6-4-3-5-7-21)34-29(35-30)22-10-12-26(13-11-22)37-16-14-36(2)15-17-37/h8-13,19,21,32-33H,3-7,14-18H2,1-2H3,(H,34,35). The van der Waals surface area contributed by atoms with Crippen molar-refractivity contribution in [2.75, 3.05) is 50.5 Å². The summed E-state index contributed by atoms with van der Waals surface area (Å²) in [5, 5.41) is 21.9. The van der Waals surface area contributed by atoms with E-state index in [4.69, 9.17) is 10.4 Å². The Morgan fingerprint density at radius 2 is 1.81 bits per heavy atom. The van der Waals surface area contributed by atoms with Crippen LogP contribution in [0.25, 0.3) is 11.4 Å². The largest absolute Gasteiger partial charge is 0.373 e. The molecule has 0 amide bonds.